The van der Waals surface area contributed by atoms with E-state index in [1.807, 2.05) is 6.92 Å². The van der Waals surface area contributed by atoms with E-state index in [0.717, 1.165) is 0 Å². The smallest absolute Gasteiger partial charge is 0.410 e. The molecule has 3 atom stereocenters. The third-order valence-electron chi connectivity index (χ3n) is 4.49. The zero-order valence-corrected chi connectivity index (χ0v) is 19.3. The van der Waals surface area contributed by atoms with Gasteiger partial charge in [0.05, 0.1) is 6.04 Å². The van der Waals surface area contributed by atoms with Gasteiger partial charge in [0.2, 0.25) is 5.91 Å². The van der Waals surface area contributed by atoms with Gasteiger partial charge < -0.3 is 35.4 Å². The summed E-state index contributed by atoms with van der Waals surface area (Å²) in [7, 11) is 0. The van der Waals surface area contributed by atoms with Gasteiger partial charge >= 0.3 is 12.1 Å². The van der Waals surface area contributed by atoms with E-state index in [9.17, 15) is 24.3 Å². The molecular formula is C21H36N4O7. The van der Waals surface area contributed by atoms with Crippen molar-refractivity contribution in [2.24, 2.45) is 0 Å². The Morgan fingerprint density at radius 2 is 2.00 bits per heavy atom. The van der Waals surface area contributed by atoms with Crippen LogP contribution >= 0.6 is 0 Å². The Kier molecular flexibility index (Phi) is 11.1. The molecular weight excluding hydrogens is 420 g/mol. The molecule has 1 aliphatic heterocycles. The number of rotatable bonds is 10. The van der Waals surface area contributed by atoms with Crippen molar-refractivity contribution >= 4 is 23.9 Å². The molecule has 32 heavy (non-hydrogen) atoms. The second-order valence-corrected chi connectivity index (χ2v) is 8.47. The Balaban J connectivity index is 2.66. The van der Waals surface area contributed by atoms with Crippen molar-refractivity contribution in [2.75, 3.05) is 32.8 Å². The van der Waals surface area contributed by atoms with Crippen molar-refractivity contribution in [3.8, 4) is 0 Å². The molecule has 1 rings (SSSR count). The summed E-state index contributed by atoms with van der Waals surface area (Å²) in [5, 5.41) is 18.4. The lowest BCUT2D eigenvalue weighted by Gasteiger charge is -2.35. The van der Waals surface area contributed by atoms with Gasteiger partial charge in [-0.15, -0.1) is 0 Å². The van der Waals surface area contributed by atoms with E-state index in [1.54, 1.807) is 20.8 Å². The maximum atomic E-state index is 12.8. The highest BCUT2D eigenvalue weighted by molar-refractivity contribution is 5.87. The Morgan fingerprint density at radius 1 is 1.31 bits per heavy atom. The molecule has 0 saturated carbocycles. The lowest BCUT2D eigenvalue weighted by Crippen LogP contribution is -2.61. The summed E-state index contributed by atoms with van der Waals surface area (Å²) in [4.78, 5) is 50.3. The minimum absolute atomic E-state index is 0.0144. The lowest BCUT2D eigenvalue weighted by molar-refractivity contribution is -0.144. The zero-order chi connectivity index (χ0) is 24.3. The van der Waals surface area contributed by atoms with Crippen LogP contribution in [-0.4, -0.2) is 90.5 Å². The molecule has 3 unspecified atom stereocenters. The molecule has 1 heterocycles. The highest BCUT2D eigenvalue weighted by Crippen LogP contribution is 2.12. The summed E-state index contributed by atoms with van der Waals surface area (Å²) < 4.78 is 10.1. The number of esters is 1. The SMILES string of the molecule is C=CCOC(=O)CNC(=O)C(O)C(CCC)NC(=O)C1CN(C(=O)OC(C)(C)C)CCN1. The van der Waals surface area contributed by atoms with E-state index in [2.05, 4.69) is 22.5 Å². The van der Waals surface area contributed by atoms with Crippen LogP contribution in [0.2, 0.25) is 0 Å². The van der Waals surface area contributed by atoms with Crippen LogP contribution < -0.4 is 16.0 Å². The van der Waals surface area contributed by atoms with Crippen LogP contribution in [0.5, 0.6) is 0 Å². The van der Waals surface area contributed by atoms with Crippen LogP contribution in [0.3, 0.4) is 0 Å². The van der Waals surface area contributed by atoms with E-state index < -0.39 is 54.2 Å². The first-order valence-electron chi connectivity index (χ1n) is 10.7. The standard InChI is InChI=1S/C21H36N4O7/c1-6-8-14(17(27)19(29)23-12-16(26)31-11-7-2)24-18(28)15-13-25(10-9-22-15)20(30)32-21(3,4)5/h7,14-15,17,22,27H,2,6,8-13H2,1,3-5H3,(H,23,29)(H,24,28). The van der Waals surface area contributed by atoms with Crippen LogP contribution in [0.1, 0.15) is 40.5 Å². The molecule has 1 aliphatic rings. The first-order chi connectivity index (χ1) is 15.0. The molecule has 3 amide bonds. The van der Waals surface area contributed by atoms with Crippen LogP contribution in [-0.2, 0) is 23.9 Å². The minimum atomic E-state index is -1.56. The van der Waals surface area contributed by atoms with Crippen LogP contribution in [0.15, 0.2) is 12.7 Å². The van der Waals surface area contributed by atoms with Crippen LogP contribution in [0.4, 0.5) is 4.79 Å². The van der Waals surface area contributed by atoms with Gasteiger partial charge in [-0.25, -0.2) is 4.79 Å². The number of carbonyl (C=O) groups excluding carboxylic acids is 4. The fourth-order valence-electron chi connectivity index (χ4n) is 2.97. The minimum Gasteiger partial charge on any atom is -0.460 e. The van der Waals surface area contributed by atoms with Gasteiger partial charge in [-0.05, 0) is 27.2 Å². The maximum Gasteiger partial charge on any atom is 0.410 e. The van der Waals surface area contributed by atoms with E-state index in [-0.39, 0.29) is 13.2 Å². The molecule has 182 valence electrons. The molecule has 0 aliphatic carbocycles. The fraction of sp³-hybridized carbons (Fsp3) is 0.714. The predicted molar refractivity (Wildman–Crippen MR) is 117 cm³/mol. The molecule has 0 aromatic rings. The normalized spacial score (nSPS) is 18.2. The Morgan fingerprint density at radius 3 is 2.59 bits per heavy atom. The largest absolute Gasteiger partial charge is 0.460 e. The van der Waals surface area contributed by atoms with Crippen LogP contribution in [0, 0.1) is 0 Å². The summed E-state index contributed by atoms with van der Waals surface area (Å²) in [6, 6.07) is -1.59. The highest BCUT2D eigenvalue weighted by atomic mass is 16.6. The average Bonchev–Trinajstić information content (AvgIpc) is 2.73. The second-order valence-electron chi connectivity index (χ2n) is 8.47. The third kappa shape index (κ3) is 9.65. The number of piperazine rings is 1. The number of carbonyl (C=O) groups is 4. The number of nitrogens with one attached hydrogen (secondary N) is 3. The van der Waals surface area contributed by atoms with Crippen molar-refractivity contribution in [1.82, 2.24) is 20.9 Å². The topological polar surface area (TPSA) is 146 Å². The number of hydrogen-bond acceptors (Lipinski definition) is 8. The van der Waals surface area contributed by atoms with Gasteiger partial charge in [0, 0.05) is 19.6 Å². The Bertz CT molecular complexity index is 678. The van der Waals surface area contributed by atoms with Crippen molar-refractivity contribution in [3.63, 3.8) is 0 Å². The summed E-state index contributed by atoms with van der Waals surface area (Å²) in [5.41, 5.74) is -0.651. The highest BCUT2D eigenvalue weighted by Gasteiger charge is 2.34. The summed E-state index contributed by atoms with van der Waals surface area (Å²) >= 11 is 0. The second kappa shape index (κ2) is 13.0. The number of aliphatic hydroxyl groups is 1. The number of aliphatic hydroxyl groups excluding tert-OH is 1. The van der Waals surface area contributed by atoms with Gasteiger partial charge in [-0.1, -0.05) is 26.0 Å². The molecule has 1 fully saturated rings. The van der Waals surface area contributed by atoms with Gasteiger partial charge in [-0.2, -0.15) is 0 Å². The molecule has 1 saturated heterocycles. The van der Waals surface area contributed by atoms with Crippen molar-refractivity contribution in [2.45, 2.75) is 64.3 Å². The monoisotopic (exact) mass is 456 g/mol. The van der Waals surface area contributed by atoms with E-state index >= 15 is 0 Å². The number of hydrogen-bond donors (Lipinski definition) is 4. The van der Waals surface area contributed by atoms with Gasteiger partial charge in [0.25, 0.3) is 5.91 Å². The van der Waals surface area contributed by atoms with Crippen molar-refractivity contribution in [3.05, 3.63) is 12.7 Å². The summed E-state index contributed by atoms with van der Waals surface area (Å²) in [6.07, 6.45) is 0.258. The zero-order valence-electron chi connectivity index (χ0n) is 19.3. The maximum absolute atomic E-state index is 12.8. The van der Waals surface area contributed by atoms with Crippen molar-refractivity contribution < 1.29 is 33.8 Å². The van der Waals surface area contributed by atoms with E-state index in [0.29, 0.717) is 25.9 Å². The fourth-order valence-corrected chi connectivity index (χ4v) is 2.97. The number of nitrogens with zero attached hydrogens (tertiary/aromatic N) is 1. The molecule has 0 radical (unpaired) electrons. The summed E-state index contributed by atoms with van der Waals surface area (Å²) in [5.74, 6) is -1.92. The molecule has 0 bridgehead atoms. The molecule has 4 N–H and O–H groups in total. The third-order valence-corrected chi connectivity index (χ3v) is 4.49. The molecule has 0 aromatic heterocycles. The van der Waals surface area contributed by atoms with Gasteiger partial charge in [0.1, 0.15) is 24.8 Å². The van der Waals surface area contributed by atoms with Gasteiger partial charge in [0.15, 0.2) is 6.10 Å². The first-order valence-corrected chi connectivity index (χ1v) is 10.7. The molecule has 0 spiro atoms. The average molecular weight is 457 g/mol. The van der Waals surface area contributed by atoms with Crippen LogP contribution in [0.25, 0.3) is 0 Å². The molecule has 0 aromatic carbocycles. The predicted octanol–water partition coefficient (Wildman–Crippen LogP) is -0.313. The van der Waals surface area contributed by atoms with E-state index in [1.165, 1.54) is 11.0 Å². The Hall–Kier alpha value is -2.66. The number of amides is 3. The number of ether oxygens (including phenoxy) is 2. The molecule has 11 heteroatoms. The van der Waals surface area contributed by atoms with Gasteiger partial charge in [-0.3, -0.25) is 14.4 Å². The van der Waals surface area contributed by atoms with E-state index in [4.69, 9.17) is 9.47 Å². The first kappa shape index (κ1) is 27.4. The lowest BCUT2D eigenvalue weighted by atomic mass is 10.0. The van der Waals surface area contributed by atoms with Crippen molar-refractivity contribution in [1.29, 1.82) is 0 Å². The Labute approximate surface area is 188 Å². The summed E-state index contributed by atoms with van der Waals surface area (Å²) in [6.45, 7) is 11.0. The molecule has 11 nitrogen and oxygen atoms in total. The quantitative estimate of drug-likeness (QED) is 0.259.